The summed E-state index contributed by atoms with van der Waals surface area (Å²) in [5.74, 6) is 0.720. The number of hydrogen-bond acceptors (Lipinski definition) is 8. The minimum absolute atomic E-state index is 0.0532. The van der Waals surface area contributed by atoms with Crippen LogP contribution in [0.25, 0.3) is 16.7 Å². The van der Waals surface area contributed by atoms with Crippen molar-refractivity contribution in [1.82, 2.24) is 34.4 Å². The molecule has 3 atom stereocenters. The second kappa shape index (κ2) is 9.53. The molecule has 5 heterocycles. The number of benzene rings is 1. The number of piperidine rings is 1. The van der Waals surface area contributed by atoms with Gasteiger partial charge in [0, 0.05) is 36.5 Å². The molecule has 7 rings (SSSR count). The molecule has 0 radical (unpaired) electrons. The van der Waals surface area contributed by atoms with Crippen molar-refractivity contribution in [1.29, 1.82) is 0 Å². The Hall–Kier alpha value is -4.64. The first-order valence-electron chi connectivity index (χ1n) is 12.8. The summed E-state index contributed by atoms with van der Waals surface area (Å²) in [6.07, 6.45) is 7.78. The standard InChI is InChI=1S/C28H22ClFN8O2/c1-2-24(39)37-12-15-9-17(21(37)10-15)18-3-4-20-27(35-18)28(33-13-31-20)36-19-5-6-22(25(29)26(19)30)40-16-7-8-38-23(11-16)32-14-34-38/h2-8,11,13-15,17,21H,1,9-10,12H2,(H,31,33,36)/t15-,17+,21-/m1/s1. The van der Waals surface area contributed by atoms with Crippen molar-refractivity contribution in [2.24, 2.45) is 5.92 Å². The lowest BCUT2D eigenvalue weighted by Gasteiger charge is -2.32. The van der Waals surface area contributed by atoms with Crippen LogP contribution in [0, 0.1) is 11.7 Å². The van der Waals surface area contributed by atoms with Gasteiger partial charge in [0.2, 0.25) is 5.91 Å². The summed E-state index contributed by atoms with van der Waals surface area (Å²) >= 11 is 6.37. The van der Waals surface area contributed by atoms with Crippen molar-refractivity contribution in [2.75, 3.05) is 11.9 Å². The molecule has 12 heteroatoms. The van der Waals surface area contributed by atoms with Gasteiger partial charge in [-0.15, -0.1) is 0 Å². The van der Waals surface area contributed by atoms with Gasteiger partial charge in [0.1, 0.15) is 34.7 Å². The van der Waals surface area contributed by atoms with Gasteiger partial charge in [-0.2, -0.15) is 5.10 Å². The Balaban J connectivity index is 1.17. The maximum atomic E-state index is 15.4. The first kappa shape index (κ1) is 24.4. The number of amides is 1. The van der Waals surface area contributed by atoms with Crippen LogP contribution >= 0.6 is 11.6 Å². The van der Waals surface area contributed by atoms with Crippen LogP contribution < -0.4 is 10.1 Å². The van der Waals surface area contributed by atoms with E-state index in [0.29, 0.717) is 34.2 Å². The minimum atomic E-state index is -0.697. The van der Waals surface area contributed by atoms with Gasteiger partial charge in [-0.25, -0.2) is 28.8 Å². The normalized spacial score (nSPS) is 19.9. The number of carbonyl (C=O) groups excluding carboxylic acids is 1. The van der Waals surface area contributed by atoms with Gasteiger partial charge in [0.05, 0.1) is 11.2 Å². The highest BCUT2D eigenvalue weighted by Gasteiger charge is 2.47. The molecule has 1 aliphatic heterocycles. The third-order valence-electron chi connectivity index (χ3n) is 7.60. The average Bonchev–Trinajstić information content (AvgIpc) is 3.72. The Labute approximate surface area is 232 Å². The number of anilines is 2. The largest absolute Gasteiger partial charge is 0.455 e. The van der Waals surface area contributed by atoms with E-state index in [4.69, 9.17) is 21.3 Å². The number of pyridine rings is 2. The summed E-state index contributed by atoms with van der Waals surface area (Å²) in [5, 5.41) is 6.88. The van der Waals surface area contributed by atoms with Crippen LogP contribution in [0.5, 0.6) is 11.5 Å². The number of aromatic nitrogens is 6. The monoisotopic (exact) mass is 556 g/mol. The highest BCUT2D eigenvalue weighted by atomic mass is 35.5. The smallest absolute Gasteiger partial charge is 0.246 e. The highest BCUT2D eigenvalue weighted by molar-refractivity contribution is 6.32. The molecule has 4 aromatic heterocycles. The summed E-state index contributed by atoms with van der Waals surface area (Å²) in [4.78, 5) is 32.0. The molecular weight excluding hydrogens is 535 g/mol. The van der Waals surface area contributed by atoms with Crippen LogP contribution in [0.15, 0.2) is 67.9 Å². The fourth-order valence-corrected chi connectivity index (χ4v) is 5.99. The molecule has 1 aliphatic carbocycles. The van der Waals surface area contributed by atoms with Gasteiger partial charge in [0.15, 0.2) is 17.3 Å². The van der Waals surface area contributed by atoms with E-state index < -0.39 is 5.82 Å². The van der Waals surface area contributed by atoms with Crippen molar-refractivity contribution >= 4 is 45.7 Å². The molecule has 2 aliphatic rings. The first-order valence-corrected chi connectivity index (χ1v) is 13.1. The molecule has 5 aromatic rings. The quantitative estimate of drug-likeness (QED) is 0.281. The van der Waals surface area contributed by atoms with E-state index in [0.717, 1.165) is 25.1 Å². The zero-order valence-electron chi connectivity index (χ0n) is 21.0. The fraction of sp³-hybridized carbons (Fsp3) is 0.214. The van der Waals surface area contributed by atoms with Gasteiger partial charge in [-0.05, 0) is 55.2 Å². The molecule has 10 nitrogen and oxygen atoms in total. The van der Waals surface area contributed by atoms with Crippen LogP contribution in [-0.2, 0) is 4.79 Å². The number of nitrogens with one attached hydrogen (secondary N) is 1. The number of halogens is 2. The summed E-state index contributed by atoms with van der Waals surface area (Å²) in [5.41, 5.74) is 2.66. The van der Waals surface area contributed by atoms with Crippen LogP contribution in [-0.4, -0.2) is 52.9 Å². The third kappa shape index (κ3) is 4.10. The van der Waals surface area contributed by atoms with Gasteiger partial charge in [-0.3, -0.25) is 4.79 Å². The first-order chi connectivity index (χ1) is 19.5. The Morgan fingerprint density at radius 2 is 2.05 bits per heavy atom. The predicted molar refractivity (Wildman–Crippen MR) is 146 cm³/mol. The molecule has 1 saturated heterocycles. The Kier molecular flexibility index (Phi) is 5.81. The fourth-order valence-electron chi connectivity index (χ4n) is 5.79. The van der Waals surface area contributed by atoms with Crippen LogP contribution in [0.4, 0.5) is 15.9 Å². The van der Waals surface area contributed by atoms with Gasteiger partial charge in [-0.1, -0.05) is 18.2 Å². The molecule has 1 saturated carbocycles. The number of rotatable bonds is 6. The number of ether oxygens (including phenoxy) is 1. The van der Waals surface area contributed by atoms with Gasteiger partial charge in [0.25, 0.3) is 0 Å². The zero-order valence-corrected chi connectivity index (χ0v) is 21.8. The summed E-state index contributed by atoms with van der Waals surface area (Å²) in [6.45, 7) is 4.40. The third-order valence-corrected chi connectivity index (χ3v) is 7.95. The van der Waals surface area contributed by atoms with Gasteiger partial charge < -0.3 is 15.0 Å². The molecular formula is C28H22ClFN8O2. The van der Waals surface area contributed by atoms with Crippen molar-refractivity contribution in [2.45, 2.75) is 24.8 Å². The van der Waals surface area contributed by atoms with E-state index >= 15 is 4.39 Å². The lowest BCUT2D eigenvalue weighted by molar-refractivity contribution is -0.127. The van der Waals surface area contributed by atoms with E-state index in [1.807, 2.05) is 17.0 Å². The summed E-state index contributed by atoms with van der Waals surface area (Å²) in [7, 11) is 0. The topological polar surface area (TPSA) is 110 Å². The Morgan fingerprint density at radius 3 is 2.90 bits per heavy atom. The maximum absolute atomic E-state index is 15.4. The van der Waals surface area contributed by atoms with Crippen molar-refractivity contribution in [3.05, 3.63) is 84.4 Å². The van der Waals surface area contributed by atoms with Crippen LogP contribution in [0.2, 0.25) is 5.02 Å². The Morgan fingerprint density at radius 1 is 1.15 bits per heavy atom. The lowest BCUT2D eigenvalue weighted by atomic mass is 9.94. The maximum Gasteiger partial charge on any atom is 0.246 e. The number of nitrogens with zero attached hydrogens (tertiary/aromatic N) is 7. The molecule has 2 bridgehead atoms. The van der Waals surface area contributed by atoms with Crippen molar-refractivity contribution < 1.29 is 13.9 Å². The second-order valence-corrected chi connectivity index (χ2v) is 10.3. The molecule has 0 spiro atoms. The number of fused-ring (bicyclic) bond motifs is 4. The van der Waals surface area contributed by atoms with Crippen LogP contribution in [0.1, 0.15) is 24.5 Å². The second-order valence-electron chi connectivity index (χ2n) is 9.92. The van der Waals surface area contributed by atoms with E-state index in [2.05, 4.69) is 31.9 Å². The average molecular weight is 557 g/mol. The van der Waals surface area contributed by atoms with E-state index in [1.165, 1.54) is 24.8 Å². The van der Waals surface area contributed by atoms with Crippen molar-refractivity contribution in [3.8, 4) is 11.5 Å². The molecule has 1 aromatic carbocycles. The van der Waals surface area contributed by atoms with E-state index in [-0.39, 0.29) is 34.3 Å². The predicted octanol–water partition coefficient (Wildman–Crippen LogP) is 5.29. The van der Waals surface area contributed by atoms with Crippen molar-refractivity contribution in [3.63, 3.8) is 0 Å². The number of likely N-dealkylation sites (tertiary alicyclic amines) is 1. The molecule has 1 amide bonds. The molecule has 1 N–H and O–H groups in total. The lowest BCUT2D eigenvalue weighted by Crippen LogP contribution is -2.40. The molecule has 200 valence electrons. The van der Waals surface area contributed by atoms with Gasteiger partial charge >= 0.3 is 0 Å². The van der Waals surface area contributed by atoms with E-state index in [1.54, 1.807) is 28.9 Å². The highest BCUT2D eigenvalue weighted by Crippen LogP contribution is 2.47. The summed E-state index contributed by atoms with van der Waals surface area (Å²) in [6, 6.07) is 10.4. The zero-order chi connectivity index (χ0) is 27.4. The van der Waals surface area contributed by atoms with E-state index in [9.17, 15) is 4.79 Å². The molecule has 2 fully saturated rings. The number of hydrogen-bond donors (Lipinski definition) is 1. The minimum Gasteiger partial charge on any atom is -0.455 e. The molecule has 0 unspecified atom stereocenters. The van der Waals surface area contributed by atoms with Crippen LogP contribution in [0.3, 0.4) is 0 Å². The molecule has 40 heavy (non-hydrogen) atoms. The SMILES string of the molecule is C=CC(=O)N1C[C@H]2C[C@@H]1[C@H](c1ccc3ncnc(Nc4ccc(Oc5ccn6ncnc6c5)c(Cl)c4F)c3n1)C2. The number of carbonyl (C=O) groups is 1. The Bertz CT molecular complexity index is 1810. The summed E-state index contributed by atoms with van der Waals surface area (Å²) < 4.78 is 22.8.